The Bertz CT molecular complexity index is 909. The zero-order valence-electron chi connectivity index (χ0n) is 17.8. The molecule has 8 heteroatoms. The van der Waals surface area contributed by atoms with Crippen molar-refractivity contribution in [3.63, 3.8) is 0 Å². The van der Waals surface area contributed by atoms with Gasteiger partial charge in [0.2, 0.25) is 11.8 Å². The van der Waals surface area contributed by atoms with Crippen molar-refractivity contribution in [1.82, 2.24) is 19.7 Å². The highest BCUT2D eigenvalue weighted by molar-refractivity contribution is 5.55. The molecule has 1 N–H and O–H groups in total. The molecule has 0 atom stereocenters. The third-order valence-corrected chi connectivity index (χ3v) is 5.57. The van der Waals surface area contributed by atoms with E-state index in [0.717, 1.165) is 18.8 Å². The SMILES string of the molecule is Cc1nn(C(C)(C)C#N)cc1Nc1nc(C)c(F)c(OCC2CCC(C)CC2)n1. The fourth-order valence-electron chi connectivity index (χ4n) is 3.42. The minimum atomic E-state index is -0.782. The average molecular weight is 401 g/mol. The van der Waals surface area contributed by atoms with Crippen LogP contribution in [0.15, 0.2) is 6.20 Å². The van der Waals surface area contributed by atoms with Crippen LogP contribution in [0, 0.1) is 42.8 Å². The van der Waals surface area contributed by atoms with Crippen LogP contribution < -0.4 is 10.1 Å². The summed E-state index contributed by atoms with van der Waals surface area (Å²) in [7, 11) is 0. The summed E-state index contributed by atoms with van der Waals surface area (Å²) in [6.07, 6.45) is 6.31. The Labute approximate surface area is 171 Å². The lowest BCUT2D eigenvalue weighted by atomic mass is 9.83. The fraction of sp³-hybridized carbons (Fsp3) is 0.619. The molecule has 0 bridgehead atoms. The van der Waals surface area contributed by atoms with E-state index in [0.29, 0.717) is 23.9 Å². The molecule has 0 saturated heterocycles. The Morgan fingerprint density at radius 3 is 2.59 bits per heavy atom. The molecule has 2 aromatic rings. The maximum atomic E-state index is 14.5. The molecule has 0 unspecified atom stereocenters. The predicted octanol–water partition coefficient (Wildman–Crippen LogP) is 4.64. The van der Waals surface area contributed by atoms with Gasteiger partial charge in [0, 0.05) is 0 Å². The minimum Gasteiger partial charge on any atom is -0.475 e. The highest BCUT2D eigenvalue weighted by atomic mass is 19.1. The monoisotopic (exact) mass is 400 g/mol. The first-order valence-electron chi connectivity index (χ1n) is 10.1. The molecule has 1 fully saturated rings. The number of ether oxygens (including phenoxy) is 1. The van der Waals surface area contributed by atoms with Crippen molar-refractivity contribution >= 4 is 11.6 Å². The minimum absolute atomic E-state index is 0.0268. The molecule has 7 nitrogen and oxygen atoms in total. The van der Waals surface area contributed by atoms with Gasteiger partial charge in [-0.1, -0.05) is 19.8 Å². The van der Waals surface area contributed by atoms with Gasteiger partial charge in [0.1, 0.15) is 5.54 Å². The summed E-state index contributed by atoms with van der Waals surface area (Å²) < 4.78 is 21.8. The van der Waals surface area contributed by atoms with E-state index in [-0.39, 0.29) is 17.5 Å². The van der Waals surface area contributed by atoms with Gasteiger partial charge in [0.25, 0.3) is 5.88 Å². The van der Waals surface area contributed by atoms with Crippen LogP contribution in [0.25, 0.3) is 0 Å². The number of nitrogens with one attached hydrogen (secondary N) is 1. The number of aromatic nitrogens is 4. The normalized spacial score (nSPS) is 19.6. The van der Waals surface area contributed by atoms with Gasteiger partial charge >= 0.3 is 0 Å². The summed E-state index contributed by atoms with van der Waals surface area (Å²) in [5, 5.41) is 16.8. The van der Waals surface area contributed by atoms with Crippen LogP contribution in [0.2, 0.25) is 0 Å². The molecule has 0 spiro atoms. The number of hydrogen-bond donors (Lipinski definition) is 1. The second kappa shape index (κ2) is 8.36. The van der Waals surface area contributed by atoms with E-state index in [1.807, 2.05) is 6.92 Å². The van der Waals surface area contributed by atoms with E-state index in [9.17, 15) is 9.65 Å². The van der Waals surface area contributed by atoms with Crippen LogP contribution in [-0.2, 0) is 5.54 Å². The number of hydrogen-bond acceptors (Lipinski definition) is 6. The molecule has 0 aromatic carbocycles. The maximum Gasteiger partial charge on any atom is 0.255 e. The molecule has 1 aliphatic carbocycles. The summed E-state index contributed by atoms with van der Waals surface area (Å²) >= 11 is 0. The van der Waals surface area contributed by atoms with Crippen molar-refractivity contribution in [2.24, 2.45) is 11.8 Å². The van der Waals surface area contributed by atoms with Gasteiger partial charge in [-0.3, -0.25) is 4.68 Å². The quantitative estimate of drug-likeness (QED) is 0.760. The summed E-state index contributed by atoms with van der Waals surface area (Å²) in [4.78, 5) is 8.43. The van der Waals surface area contributed by atoms with Gasteiger partial charge < -0.3 is 10.1 Å². The molecule has 2 heterocycles. The molecular formula is C21H29FN6O. The first-order valence-corrected chi connectivity index (χ1v) is 10.1. The van der Waals surface area contributed by atoms with E-state index in [2.05, 4.69) is 33.4 Å². The van der Waals surface area contributed by atoms with E-state index in [1.54, 1.807) is 31.6 Å². The highest BCUT2D eigenvalue weighted by Crippen LogP contribution is 2.30. The standard InChI is InChI=1S/C21H29FN6O/c1-13-6-8-16(9-7-13)11-29-19-18(22)15(3)24-20(26-19)25-17-10-28(27-14(17)2)21(4,5)12-23/h10,13,16H,6-9,11H2,1-5H3,(H,24,25,26). The van der Waals surface area contributed by atoms with Gasteiger partial charge in [-0.25, -0.2) is 4.98 Å². The first-order chi connectivity index (χ1) is 13.7. The second-order valence-corrected chi connectivity index (χ2v) is 8.56. The smallest absolute Gasteiger partial charge is 0.255 e. The summed E-state index contributed by atoms with van der Waals surface area (Å²) in [6, 6.07) is 2.21. The van der Waals surface area contributed by atoms with E-state index < -0.39 is 11.4 Å². The van der Waals surface area contributed by atoms with Crippen LogP contribution in [0.4, 0.5) is 16.0 Å². The summed E-state index contributed by atoms with van der Waals surface area (Å²) in [5.41, 5.74) is 0.789. The first kappa shape index (κ1) is 21.0. The Morgan fingerprint density at radius 1 is 1.24 bits per heavy atom. The van der Waals surface area contributed by atoms with Crippen molar-refractivity contribution in [1.29, 1.82) is 5.26 Å². The summed E-state index contributed by atoms with van der Waals surface area (Å²) in [5.74, 6) is 0.883. The molecule has 1 aliphatic rings. The molecule has 0 amide bonds. The highest BCUT2D eigenvalue weighted by Gasteiger charge is 2.23. The largest absolute Gasteiger partial charge is 0.475 e. The third-order valence-electron chi connectivity index (χ3n) is 5.57. The van der Waals surface area contributed by atoms with E-state index in [4.69, 9.17) is 4.74 Å². The van der Waals surface area contributed by atoms with Crippen LogP contribution in [-0.4, -0.2) is 26.4 Å². The van der Waals surface area contributed by atoms with Gasteiger partial charge in [0.15, 0.2) is 0 Å². The predicted molar refractivity (Wildman–Crippen MR) is 109 cm³/mol. The molecule has 156 valence electrons. The van der Waals surface area contributed by atoms with Crippen LogP contribution in [0.1, 0.15) is 57.8 Å². The third kappa shape index (κ3) is 4.84. The summed E-state index contributed by atoms with van der Waals surface area (Å²) in [6.45, 7) is 9.70. The van der Waals surface area contributed by atoms with Crippen LogP contribution in [0.3, 0.4) is 0 Å². The van der Waals surface area contributed by atoms with Gasteiger partial charge in [-0.15, -0.1) is 0 Å². The van der Waals surface area contributed by atoms with E-state index in [1.165, 1.54) is 12.8 Å². The molecule has 2 aromatic heterocycles. The van der Waals surface area contributed by atoms with Crippen molar-refractivity contribution in [3.05, 3.63) is 23.4 Å². The van der Waals surface area contributed by atoms with Crippen LogP contribution in [0.5, 0.6) is 5.88 Å². The fourth-order valence-corrected chi connectivity index (χ4v) is 3.42. The number of anilines is 2. The lowest BCUT2D eigenvalue weighted by molar-refractivity contribution is 0.177. The maximum absolute atomic E-state index is 14.5. The lowest BCUT2D eigenvalue weighted by Gasteiger charge is -2.25. The van der Waals surface area contributed by atoms with Crippen molar-refractivity contribution in [2.45, 2.75) is 65.8 Å². The zero-order valence-corrected chi connectivity index (χ0v) is 17.8. The number of nitrogens with zero attached hydrogens (tertiary/aromatic N) is 5. The molecule has 3 rings (SSSR count). The number of halogens is 1. The number of rotatable bonds is 6. The zero-order chi connectivity index (χ0) is 21.2. The Balaban J connectivity index is 1.75. The van der Waals surface area contributed by atoms with Crippen molar-refractivity contribution in [3.8, 4) is 11.9 Å². The number of aryl methyl sites for hydroxylation is 2. The number of nitriles is 1. The van der Waals surface area contributed by atoms with Gasteiger partial charge in [-0.05, 0) is 52.4 Å². The van der Waals surface area contributed by atoms with Crippen LogP contribution >= 0.6 is 0 Å². The Kier molecular flexibility index (Phi) is 6.06. The molecule has 29 heavy (non-hydrogen) atoms. The van der Waals surface area contributed by atoms with Gasteiger partial charge in [-0.2, -0.15) is 19.7 Å². The Hall–Kier alpha value is -2.69. The second-order valence-electron chi connectivity index (χ2n) is 8.56. The van der Waals surface area contributed by atoms with E-state index >= 15 is 0 Å². The molecule has 0 radical (unpaired) electrons. The average Bonchev–Trinajstić information content (AvgIpc) is 3.06. The topological polar surface area (TPSA) is 88.7 Å². The molecule has 0 aliphatic heterocycles. The Morgan fingerprint density at radius 2 is 1.93 bits per heavy atom. The molecular weight excluding hydrogens is 371 g/mol. The molecule has 1 saturated carbocycles. The van der Waals surface area contributed by atoms with Gasteiger partial charge in [0.05, 0.1) is 35.9 Å². The lowest BCUT2D eigenvalue weighted by Crippen LogP contribution is -2.24. The van der Waals surface area contributed by atoms with Crippen molar-refractivity contribution in [2.75, 3.05) is 11.9 Å². The van der Waals surface area contributed by atoms with Crippen molar-refractivity contribution < 1.29 is 9.13 Å².